The predicted molar refractivity (Wildman–Crippen MR) is 86.3 cm³/mol. The maximum Gasteiger partial charge on any atom is 0.337 e. The second-order valence-electron chi connectivity index (χ2n) is 4.18. The second-order valence-corrected chi connectivity index (χ2v) is 5.91. The largest absolute Gasteiger partial charge is 0.486 e. The SMILES string of the molecule is COC(=O)c1cc(Cl)c(OCc2cccc(Br)c2)c(Cl)c1. The quantitative estimate of drug-likeness (QED) is 0.680. The maximum atomic E-state index is 11.5. The van der Waals surface area contributed by atoms with Crippen molar-refractivity contribution in [2.75, 3.05) is 7.11 Å². The number of rotatable bonds is 4. The van der Waals surface area contributed by atoms with E-state index in [1.54, 1.807) is 0 Å². The van der Waals surface area contributed by atoms with Gasteiger partial charge in [-0.15, -0.1) is 0 Å². The predicted octanol–water partition coefficient (Wildman–Crippen LogP) is 5.12. The lowest BCUT2D eigenvalue weighted by Gasteiger charge is -2.11. The van der Waals surface area contributed by atoms with Crippen LogP contribution in [0.3, 0.4) is 0 Å². The van der Waals surface area contributed by atoms with Gasteiger partial charge in [-0.2, -0.15) is 0 Å². The van der Waals surface area contributed by atoms with Gasteiger partial charge in [-0.25, -0.2) is 4.79 Å². The van der Waals surface area contributed by atoms with Crippen LogP contribution in [0.25, 0.3) is 0 Å². The van der Waals surface area contributed by atoms with E-state index in [-0.39, 0.29) is 15.6 Å². The molecule has 0 atom stereocenters. The van der Waals surface area contributed by atoms with E-state index in [2.05, 4.69) is 20.7 Å². The first kappa shape index (κ1) is 16.1. The van der Waals surface area contributed by atoms with Crippen molar-refractivity contribution >= 4 is 45.1 Å². The van der Waals surface area contributed by atoms with Gasteiger partial charge in [0.15, 0.2) is 5.75 Å². The van der Waals surface area contributed by atoms with Gasteiger partial charge in [0.2, 0.25) is 0 Å². The number of methoxy groups -OCH3 is 1. The summed E-state index contributed by atoms with van der Waals surface area (Å²) < 4.78 is 11.2. The lowest BCUT2D eigenvalue weighted by atomic mass is 10.2. The minimum Gasteiger partial charge on any atom is -0.486 e. The van der Waals surface area contributed by atoms with Crippen LogP contribution < -0.4 is 4.74 Å². The molecule has 0 aliphatic heterocycles. The second kappa shape index (κ2) is 7.16. The summed E-state index contributed by atoms with van der Waals surface area (Å²) in [7, 11) is 1.29. The minimum absolute atomic E-state index is 0.262. The fourth-order valence-corrected chi connectivity index (χ4v) is 2.76. The summed E-state index contributed by atoms with van der Waals surface area (Å²) in [6.07, 6.45) is 0. The van der Waals surface area contributed by atoms with Gasteiger partial charge >= 0.3 is 5.97 Å². The number of esters is 1. The van der Waals surface area contributed by atoms with Crippen molar-refractivity contribution in [2.24, 2.45) is 0 Å². The van der Waals surface area contributed by atoms with Crippen LogP contribution in [-0.4, -0.2) is 13.1 Å². The Labute approximate surface area is 140 Å². The molecule has 21 heavy (non-hydrogen) atoms. The number of carbonyl (C=O) groups is 1. The summed E-state index contributed by atoms with van der Waals surface area (Å²) >= 11 is 15.6. The van der Waals surface area contributed by atoms with Gasteiger partial charge in [0.05, 0.1) is 22.7 Å². The summed E-state index contributed by atoms with van der Waals surface area (Å²) in [4.78, 5) is 11.5. The van der Waals surface area contributed by atoms with Gasteiger partial charge in [-0.3, -0.25) is 0 Å². The molecular weight excluding hydrogens is 379 g/mol. The molecule has 0 radical (unpaired) electrons. The lowest BCUT2D eigenvalue weighted by molar-refractivity contribution is 0.0600. The van der Waals surface area contributed by atoms with Crippen LogP contribution in [0.1, 0.15) is 15.9 Å². The van der Waals surface area contributed by atoms with Crippen molar-refractivity contribution in [3.63, 3.8) is 0 Å². The van der Waals surface area contributed by atoms with Crippen LogP contribution in [0.4, 0.5) is 0 Å². The Balaban J connectivity index is 2.19. The zero-order valence-electron chi connectivity index (χ0n) is 11.0. The Kier molecular flexibility index (Phi) is 5.51. The fraction of sp³-hybridized carbons (Fsp3) is 0.133. The molecule has 110 valence electrons. The highest BCUT2D eigenvalue weighted by Crippen LogP contribution is 2.35. The molecule has 0 aliphatic rings. The Morgan fingerprint density at radius 1 is 1.19 bits per heavy atom. The van der Waals surface area contributed by atoms with Crippen LogP contribution in [0.2, 0.25) is 10.0 Å². The number of ether oxygens (including phenoxy) is 2. The Hall–Kier alpha value is -1.23. The minimum atomic E-state index is -0.502. The number of hydrogen-bond acceptors (Lipinski definition) is 3. The van der Waals surface area contributed by atoms with Crippen molar-refractivity contribution < 1.29 is 14.3 Å². The molecule has 2 aromatic carbocycles. The third-order valence-electron chi connectivity index (χ3n) is 2.69. The van der Waals surface area contributed by atoms with E-state index < -0.39 is 5.97 Å². The molecule has 0 heterocycles. The van der Waals surface area contributed by atoms with Gasteiger partial charge in [-0.05, 0) is 29.8 Å². The molecule has 2 rings (SSSR count). The van der Waals surface area contributed by atoms with Crippen LogP contribution >= 0.6 is 39.1 Å². The third-order valence-corrected chi connectivity index (χ3v) is 3.75. The summed E-state index contributed by atoms with van der Waals surface area (Å²) in [5.74, 6) is -0.164. The van der Waals surface area contributed by atoms with Crippen LogP contribution in [0.5, 0.6) is 5.75 Å². The van der Waals surface area contributed by atoms with Gasteiger partial charge in [0.25, 0.3) is 0 Å². The fourth-order valence-electron chi connectivity index (χ4n) is 1.72. The normalized spacial score (nSPS) is 10.3. The van der Waals surface area contributed by atoms with E-state index >= 15 is 0 Å². The number of hydrogen-bond donors (Lipinski definition) is 0. The van der Waals surface area contributed by atoms with Crippen LogP contribution in [-0.2, 0) is 11.3 Å². The van der Waals surface area contributed by atoms with E-state index in [1.165, 1.54) is 19.2 Å². The molecule has 0 bridgehead atoms. The molecule has 6 heteroatoms. The molecule has 0 unspecified atom stereocenters. The van der Waals surface area contributed by atoms with E-state index in [0.29, 0.717) is 12.4 Å². The molecule has 0 aliphatic carbocycles. The Bertz CT molecular complexity index is 651. The first-order valence-corrected chi connectivity index (χ1v) is 7.50. The molecule has 0 amide bonds. The Morgan fingerprint density at radius 2 is 1.86 bits per heavy atom. The van der Waals surface area contributed by atoms with Gasteiger partial charge in [-0.1, -0.05) is 51.3 Å². The standard InChI is InChI=1S/C15H11BrCl2O3/c1-20-15(19)10-6-12(17)14(13(18)7-10)21-8-9-3-2-4-11(16)5-9/h2-7H,8H2,1H3. The molecule has 0 spiro atoms. The Morgan fingerprint density at radius 3 is 2.43 bits per heavy atom. The summed E-state index contributed by atoms with van der Waals surface area (Å²) in [5.41, 5.74) is 1.25. The van der Waals surface area contributed by atoms with Crippen molar-refractivity contribution in [3.05, 3.63) is 62.0 Å². The van der Waals surface area contributed by atoms with Crippen LogP contribution in [0, 0.1) is 0 Å². The number of benzene rings is 2. The first-order valence-electron chi connectivity index (χ1n) is 5.96. The highest BCUT2D eigenvalue weighted by molar-refractivity contribution is 9.10. The third kappa shape index (κ3) is 4.13. The van der Waals surface area contributed by atoms with Crippen molar-refractivity contribution in [2.45, 2.75) is 6.61 Å². The first-order chi connectivity index (χ1) is 10.0. The molecule has 0 N–H and O–H groups in total. The highest BCUT2D eigenvalue weighted by Gasteiger charge is 2.14. The van der Waals surface area contributed by atoms with E-state index in [4.69, 9.17) is 27.9 Å². The zero-order chi connectivity index (χ0) is 15.4. The average molecular weight is 390 g/mol. The summed E-state index contributed by atoms with van der Waals surface area (Å²) in [5, 5.41) is 0.524. The maximum absolute atomic E-state index is 11.5. The number of carbonyl (C=O) groups excluding carboxylic acids is 1. The van der Waals surface area contributed by atoms with Gasteiger partial charge in [0.1, 0.15) is 6.61 Å². The smallest absolute Gasteiger partial charge is 0.337 e. The van der Waals surface area contributed by atoms with Gasteiger partial charge in [0, 0.05) is 4.47 Å². The number of halogens is 3. The van der Waals surface area contributed by atoms with Crippen molar-refractivity contribution in [1.29, 1.82) is 0 Å². The van der Waals surface area contributed by atoms with Crippen LogP contribution in [0.15, 0.2) is 40.9 Å². The highest BCUT2D eigenvalue weighted by atomic mass is 79.9. The average Bonchev–Trinajstić information content (AvgIpc) is 2.45. The molecule has 2 aromatic rings. The van der Waals surface area contributed by atoms with Gasteiger partial charge < -0.3 is 9.47 Å². The summed E-state index contributed by atoms with van der Waals surface area (Å²) in [6.45, 7) is 0.316. The van der Waals surface area contributed by atoms with E-state index in [0.717, 1.165) is 10.0 Å². The monoisotopic (exact) mass is 388 g/mol. The summed E-state index contributed by atoms with van der Waals surface area (Å²) in [6, 6.07) is 10.6. The molecular formula is C15H11BrCl2O3. The molecule has 3 nitrogen and oxygen atoms in total. The van der Waals surface area contributed by atoms with Crippen molar-refractivity contribution in [3.8, 4) is 5.75 Å². The molecule has 0 saturated heterocycles. The van der Waals surface area contributed by atoms with E-state index in [9.17, 15) is 4.79 Å². The molecule has 0 aromatic heterocycles. The topological polar surface area (TPSA) is 35.5 Å². The lowest BCUT2D eigenvalue weighted by Crippen LogP contribution is -2.03. The van der Waals surface area contributed by atoms with E-state index in [1.807, 2.05) is 24.3 Å². The molecule has 0 saturated carbocycles. The zero-order valence-corrected chi connectivity index (χ0v) is 14.1. The molecule has 0 fully saturated rings. The van der Waals surface area contributed by atoms with Crippen molar-refractivity contribution in [1.82, 2.24) is 0 Å².